The molecule has 0 saturated heterocycles. The Labute approximate surface area is 174 Å². The van der Waals surface area contributed by atoms with E-state index in [-0.39, 0.29) is 25.1 Å². The maximum Gasteiger partial charge on any atom is 0.407 e. The van der Waals surface area contributed by atoms with Crippen molar-refractivity contribution in [2.24, 2.45) is 17.3 Å². The van der Waals surface area contributed by atoms with Gasteiger partial charge < -0.3 is 19.5 Å². The van der Waals surface area contributed by atoms with E-state index in [4.69, 9.17) is 14.2 Å². The number of benzene rings is 1. The third-order valence-electron chi connectivity index (χ3n) is 6.77. The first-order valence-electron chi connectivity index (χ1n) is 9.91. The number of ether oxygens (including phenoxy) is 3. The second-order valence-electron chi connectivity index (χ2n) is 8.17. The van der Waals surface area contributed by atoms with E-state index in [0.717, 1.165) is 15.1 Å². The quantitative estimate of drug-likeness (QED) is 0.431. The van der Waals surface area contributed by atoms with Gasteiger partial charge in [-0.2, -0.15) is 0 Å². The number of hydrogen-bond acceptors (Lipinski definition) is 4. The number of carbonyl (C=O) groups is 1. The zero-order valence-corrected chi connectivity index (χ0v) is 18.1. The molecule has 6 heteroatoms. The number of amides is 1. The van der Waals surface area contributed by atoms with Gasteiger partial charge in [-0.15, -0.1) is 0 Å². The molecular formula is C21H28INO4. The lowest BCUT2D eigenvalue weighted by Gasteiger charge is -2.27. The SMILES string of the molecule is CC[C@H](OC(=O)NC1C2CC3CCC21C3)C(OCOC)c1ccccc1I. The molecule has 5 nitrogen and oxygen atoms in total. The Balaban J connectivity index is 1.41. The lowest BCUT2D eigenvalue weighted by atomic mass is 10.0. The molecule has 1 spiro atoms. The number of halogens is 1. The van der Waals surface area contributed by atoms with Crippen LogP contribution in [0.15, 0.2) is 24.3 Å². The van der Waals surface area contributed by atoms with Crippen LogP contribution in [0.1, 0.15) is 50.7 Å². The Morgan fingerprint density at radius 3 is 2.85 bits per heavy atom. The fraction of sp³-hybridized carbons (Fsp3) is 0.667. The number of carbonyl (C=O) groups excluding carboxylic acids is 1. The number of hydrogen-bond donors (Lipinski definition) is 1. The Morgan fingerprint density at radius 2 is 2.22 bits per heavy atom. The van der Waals surface area contributed by atoms with Gasteiger partial charge in [0.25, 0.3) is 0 Å². The molecule has 1 amide bonds. The van der Waals surface area contributed by atoms with Crippen LogP contribution in [0.2, 0.25) is 0 Å². The van der Waals surface area contributed by atoms with E-state index in [1.165, 1.54) is 25.7 Å². The fourth-order valence-corrected chi connectivity index (χ4v) is 6.18. The first kappa shape index (κ1) is 19.5. The van der Waals surface area contributed by atoms with Gasteiger partial charge in [0.15, 0.2) is 0 Å². The maximum atomic E-state index is 12.6. The van der Waals surface area contributed by atoms with E-state index >= 15 is 0 Å². The topological polar surface area (TPSA) is 56.8 Å². The molecular weight excluding hydrogens is 457 g/mol. The van der Waals surface area contributed by atoms with E-state index in [0.29, 0.717) is 23.8 Å². The second-order valence-corrected chi connectivity index (χ2v) is 9.34. The van der Waals surface area contributed by atoms with Gasteiger partial charge in [0.1, 0.15) is 19.0 Å². The summed E-state index contributed by atoms with van der Waals surface area (Å²) in [7, 11) is 1.60. The molecule has 2 bridgehead atoms. The van der Waals surface area contributed by atoms with Gasteiger partial charge in [0.05, 0.1) is 0 Å². The Kier molecular flexibility index (Phi) is 5.67. The summed E-state index contributed by atoms with van der Waals surface area (Å²) >= 11 is 2.29. The molecule has 1 aromatic carbocycles. The minimum absolute atomic E-state index is 0.159. The average molecular weight is 485 g/mol. The van der Waals surface area contributed by atoms with Crippen LogP contribution in [0, 0.1) is 20.8 Å². The van der Waals surface area contributed by atoms with E-state index in [1.807, 2.05) is 31.2 Å². The van der Waals surface area contributed by atoms with Gasteiger partial charge in [-0.1, -0.05) is 25.1 Å². The van der Waals surface area contributed by atoms with Crippen molar-refractivity contribution in [1.82, 2.24) is 5.32 Å². The minimum Gasteiger partial charge on any atom is -0.443 e. The third kappa shape index (κ3) is 3.60. The van der Waals surface area contributed by atoms with Crippen molar-refractivity contribution in [2.45, 2.75) is 57.3 Å². The number of methoxy groups -OCH3 is 1. The molecule has 148 valence electrons. The first-order chi connectivity index (χ1) is 13.1. The van der Waals surface area contributed by atoms with Crippen molar-refractivity contribution in [1.29, 1.82) is 0 Å². The van der Waals surface area contributed by atoms with Crippen LogP contribution in [0.5, 0.6) is 0 Å². The summed E-state index contributed by atoms with van der Waals surface area (Å²) < 4.78 is 18.0. The molecule has 4 rings (SSSR count). The molecule has 6 atom stereocenters. The molecule has 3 aliphatic carbocycles. The largest absolute Gasteiger partial charge is 0.443 e. The molecule has 27 heavy (non-hydrogen) atoms. The van der Waals surface area contributed by atoms with Crippen LogP contribution in [0.3, 0.4) is 0 Å². The molecule has 1 aromatic rings. The second kappa shape index (κ2) is 7.87. The summed E-state index contributed by atoms with van der Waals surface area (Å²) in [5.41, 5.74) is 1.42. The fourth-order valence-electron chi connectivity index (χ4n) is 5.49. The lowest BCUT2D eigenvalue weighted by molar-refractivity contribution is -0.117. The molecule has 0 heterocycles. The normalized spacial score (nSPS) is 32.6. The molecule has 5 unspecified atom stereocenters. The van der Waals surface area contributed by atoms with Crippen LogP contribution < -0.4 is 5.32 Å². The Morgan fingerprint density at radius 1 is 1.41 bits per heavy atom. The molecule has 3 fully saturated rings. The first-order valence-corrected chi connectivity index (χ1v) is 11.0. The summed E-state index contributed by atoms with van der Waals surface area (Å²) in [6.45, 7) is 2.18. The maximum absolute atomic E-state index is 12.6. The molecule has 3 saturated carbocycles. The van der Waals surface area contributed by atoms with Gasteiger partial charge >= 0.3 is 6.09 Å². The molecule has 1 N–H and O–H groups in total. The van der Waals surface area contributed by atoms with Gasteiger partial charge in [0, 0.05) is 16.7 Å². The summed E-state index contributed by atoms with van der Waals surface area (Å²) in [5.74, 6) is 1.58. The highest BCUT2D eigenvalue weighted by atomic mass is 127. The van der Waals surface area contributed by atoms with Crippen molar-refractivity contribution in [3.8, 4) is 0 Å². The average Bonchev–Trinajstić information content (AvgIpc) is 2.99. The molecule has 0 radical (unpaired) electrons. The summed E-state index contributed by atoms with van der Waals surface area (Å²) in [6.07, 6.45) is 4.84. The van der Waals surface area contributed by atoms with E-state index in [9.17, 15) is 4.79 Å². The van der Waals surface area contributed by atoms with Crippen LogP contribution >= 0.6 is 22.6 Å². The Bertz CT molecular complexity index is 699. The number of alkyl carbamates (subject to hydrolysis) is 1. The van der Waals surface area contributed by atoms with Crippen molar-refractivity contribution < 1.29 is 19.0 Å². The van der Waals surface area contributed by atoms with E-state index in [2.05, 4.69) is 27.9 Å². The standard InChI is InChI=1S/C21H28INO4/c1-3-17(18(26-12-25-2)14-6-4-5-7-16(14)22)27-20(24)23-19-15-10-13-8-9-21(15,19)11-13/h4-7,13,15,17-19H,3,8-12H2,1-2H3,(H,23,24)/t13?,15?,17-,18?,19?,21?/m0/s1. The van der Waals surface area contributed by atoms with Crippen molar-refractivity contribution in [2.75, 3.05) is 13.9 Å². The van der Waals surface area contributed by atoms with Crippen molar-refractivity contribution >= 4 is 28.7 Å². The van der Waals surface area contributed by atoms with Crippen LogP contribution in [-0.4, -0.2) is 32.1 Å². The Hall–Kier alpha value is -0.860. The van der Waals surface area contributed by atoms with E-state index < -0.39 is 0 Å². The van der Waals surface area contributed by atoms with Crippen molar-refractivity contribution in [3.05, 3.63) is 33.4 Å². The predicted molar refractivity (Wildman–Crippen MR) is 110 cm³/mol. The molecule has 3 aliphatic rings. The number of rotatable bonds is 8. The highest BCUT2D eigenvalue weighted by Crippen LogP contribution is 2.73. The van der Waals surface area contributed by atoms with Crippen LogP contribution in [0.25, 0.3) is 0 Å². The van der Waals surface area contributed by atoms with Gasteiger partial charge in [-0.05, 0) is 83.6 Å². The number of fused-ring (bicyclic) bond motifs is 1. The minimum atomic E-state index is -0.358. The molecule has 0 aromatic heterocycles. The third-order valence-corrected chi connectivity index (χ3v) is 7.76. The predicted octanol–water partition coefficient (Wildman–Crippen LogP) is 4.65. The van der Waals surface area contributed by atoms with Crippen LogP contribution in [0.4, 0.5) is 4.79 Å². The molecule has 0 aliphatic heterocycles. The summed E-state index contributed by atoms with van der Waals surface area (Å²) in [5, 5.41) is 3.17. The number of nitrogens with one attached hydrogen (secondary N) is 1. The zero-order valence-electron chi connectivity index (χ0n) is 15.9. The van der Waals surface area contributed by atoms with Crippen LogP contribution in [-0.2, 0) is 14.2 Å². The van der Waals surface area contributed by atoms with Gasteiger partial charge in [0.2, 0.25) is 0 Å². The lowest BCUT2D eigenvalue weighted by Crippen LogP contribution is -2.36. The zero-order chi connectivity index (χ0) is 19.0. The monoisotopic (exact) mass is 485 g/mol. The highest BCUT2D eigenvalue weighted by Gasteiger charge is 2.72. The van der Waals surface area contributed by atoms with E-state index in [1.54, 1.807) is 7.11 Å². The highest BCUT2D eigenvalue weighted by molar-refractivity contribution is 14.1. The van der Waals surface area contributed by atoms with Gasteiger partial charge in [-0.25, -0.2) is 4.79 Å². The summed E-state index contributed by atoms with van der Waals surface area (Å²) in [4.78, 5) is 12.6. The van der Waals surface area contributed by atoms with Crippen molar-refractivity contribution in [3.63, 3.8) is 0 Å². The summed E-state index contributed by atoms with van der Waals surface area (Å²) in [6, 6.07) is 8.35. The smallest absolute Gasteiger partial charge is 0.407 e. The van der Waals surface area contributed by atoms with Gasteiger partial charge in [-0.3, -0.25) is 0 Å².